The Balaban J connectivity index is 2.78. The minimum absolute atomic E-state index is 0.0145. The predicted octanol–water partition coefficient (Wildman–Crippen LogP) is 1.85. The highest BCUT2D eigenvalue weighted by Gasteiger charge is 2.28. The lowest BCUT2D eigenvalue weighted by atomic mass is 9.97. The molecule has 3 nitrogen and oxygen atoms in total. The molecule has 0 saturated carbocycles. The van der Waals surface area contributed by atoms with E-state index < -0.39 is 5.54 Å². The second kappa shape index (κ2) is 3.75. The lowest BCUT2D eigenvalue weighted by Crippen LogP contribution is -2.46. The van der Waals surface area contributed by atoms with E-state index >= 15 is 0 Å². The zero-order chi connectivity index (χ0) is 9.90. The van der Waals surface area contributed by atoms with Crippen LogP contribution in [0.25, 0.3) is 0 Å². The van der Waals surface area contributed by atoms with Crippen molar-refractivity contribution in [3.63, 3.8) is 0 Å². The van der Waals surface area contributed by atoms with Gasteiger partial charge in [-0.05, 0) is 32.5 Å². The molecule has 0 bridgehead atoms. The van der Waals surface area contributed by atoms with E-state index in [9.17, 15) is 4.79 Å². The van der Waals surface area contributed by atoms with Crippen LogP contribution in [0.5, 0.6) is 0 Å². The summed E-state index contributed by atoms with van der Waals surface area (Å²) < 4.78 is 5.04. The zero-order valence-corrected chi connectivity index (χ0v) is 8.26. The third kappa shape index (κ3) is 2.18. The van der Waals surface area contributed by atoms with E-state index in [2.05, 4.69) is 5.32 Å². The summed E-state index contributed by atoms with van der Waals surface area (Å²) in [6.45, 7) is 6.43. The van der Waals surface area contributed by atoms with Crippen LogP contribution in [0.1, 0.15) is 31.3 Å². The fourth-order valence-electron chi connectivity index (χ4n) is 1.24. The van der Waals surface area contributed by atoms with E-state index in [4.69, 9.17) is 4.42 Å². The number of carbonyl (C=O) groups is 1. The number of likely N-dealkylation sites (N-methyl/N-ethyl adjacent to an activating group) is 1. The fourth-order valence-corrected chi connectivity index (χ4v) is 1.24. The van der Waals surface area contributed by atoms with Gasteiger partial charge < -0.3 is 9.73 Å². The first-order chi connectivity index (χ1) is 6.08. The Bertz CT molecular complexity index is 275. The van der Waals surface area contributed by atoms with Gasteiger partial charge in [0.2, 0.25) is 5.78 Å². The summed E-state index contributed by atoms with van der Waals surface area (Å²) in [7, 11) is 0. The first-order valence-electron chi connectivity index (χ1n) is 4.41. The molecule has 13 heavy (non-hydrogen) atoms. The summed E-state index contributed by atoms with van der Waals surface area (Å²) in [5.41, 5.74) is -0.549. The monoisotopic (exact) mass is 181 g/mol. The molecule has 0 unspecified atom stereocenters. The summed E-state index contributed by atoms with van der Waals surface area (Å²) in [4.78, 5) is 11.8. The molecule has 0 aromatic carbocycles. The van der Waals surface area contributed by atoms with E-state index in [-0.39, 0.29) is 5.78 Å². The highest BCUT2D eigenvalue weighted by atomic mass is 16.3. The molecule has 0 radical (unpaired) electrons. The van der Waals surface area contributed by atoms with Crippen LogP contribution in [0.2, 0.25) is 0 Å². The van der Waals surface area contributed by atoms with E-state index in [1.54, 1.807) is 12.1 Å². The van der Waals surface area contributed by atoms with Crippen molar-refractivity contribution in [3.05, 3.63) is 24.2 Å². The Labute approximate surface area is 78.1 Å². The molecule has 3 heteroatoms. The first kappa shape index (κ1) is 9.99. The third-order valence-corrected chi connectivity index (χ3v) is 1.93. The quantitative estimate of drug-likeness (QED) is 0.721. The molecule has 0 aliphatic carbocycles. The van der Waals surface area contributed by atoms with Gasteiger partial charge in [0.15, 0.2) is 5.76 Å². The Morgan fingerprint density at radius 2 is 2.31 bits per heavy atom. The van der Waals surface area contributed by atoms with Crippen LogP contribution in [-0.4, -0.2) is 17.9 Å². The van der Waals surface area contributed by atoms with Gasteiger partial charge in [0.25, 0.3) is 0 Å². The summed E-state index contributed by atoms with van der Waals surface area (Å²) in [5, 5.41) is 3.10. The molecule has 1 rings (SSSR count). The van der Waals surface area contributed by atoms with Crippen LogP contribution < -0.4 is 5.32 Å². The van der Waals surface area contributed by atoms with Gasteiger partial charge in [-0.2, -0.15) is 0 Å². The van der Waals surface area contributed by atoms with Gasteiger partial charge >= 0.3 is 0 Å². The van der Waals surface area contributed by atoms with Gasteiger partial charge in [-0.3, -0.25) is 4.79 Å². The Morgan fingerprint density at radius 3 is 2.77 bits per heavy atom. The van der Waals surface area contributed by atoms with Gasteiger partial charge in [0, 0.05) is 0 Å². The lowest BCUT2D eigenvalue weighted by molar-refractivity contribution is 0.0855. The number of furan rings is 1. The molecule has 1 N–H and O–H groups in total. The number of ketones is 1. The molecule has 0 saturated heterocycles. The van der Waals surface area contributed by atoms with Crippen molar-refractivity contribution in [2.75, 3.05) is 6.54 Å². The molecular weight excluding hydrogens is 166 g/mol. The van der Waals surface area contributed by atoms with Crippen LogP contribution in [0.15, 0.2) is 22.8 Å². The summed E-state index contributed by atoms with van der Waals surface area (Å²) in [6, 6.07) is 3.40. The highest BCUT2D eigenvalue weighted by Crippen LogP contribution is 2.12. The van der Waals surface area contributed by atoms with Crippen molar-refractivity contribution >= 4 is 5.78 Å². The zero-order valence-electron chi connectivity index (χ0n) is 8.26. The van der Waals surface area contributed by atoms with Gasteiger partial charge in [0.05, 0.1) is 11.8 Å². The van der Waals surface area contributed by atoms with Gasteiger partial charge in [-0.1, -0.05) is 6.92 Å². The molecular formula is C10H15NO2. The molecule has 1 heterocycles. The standard InChI is InChI=1S/C10H15NO2/c1-4-11-10(2,3)9(12)8-6-5-7-13-8/h5-7,11H,4H2,1-3H3. The van der Waals surface area contributed by atoms with Crippen LogP contribution in [0.3, 0.4) is 0 Å². The second-order valence-corrected chi connectivity index (χ2v) is 3.46. The van der Waals surface area contributed by atoms with E-state index in [0.717, 1.165) is 6.54 Å². The number of Topliss-reactive ketones (excluding diaryl/α,β-unsaturated/α-hetero) is 1. The predicted molar refractivity (Wildman–Crippen MR) is 50.8 cm³/mol. The molecule has 0 aliphatic heterocycles. The average Bonchev–Trinajstić information content (AvgIpc) is 2.54. The van der Waals surface area contributed by atoms with Crippen molar-refractivity contribution in [1.29, 1.82) is 0 Å². The van der Waals surface area contributed by atoms with E-state index in [1.165, 1.54) is 6.26 Å². The summed E-state index contributed by atoms with van der Waals surface area (Å²) in [6.07, 6.45) is 1.51. The number of rotatable bonds is 4. The molecule has 1 aromatic heterocycles. The normalized spacial score (nSPS) is 11.6. The number of hydrogen-bond donors (Lipinski definition) is 1. The van der Waals surface area contributed by atoms with Gasteiger partial charge in [0.1, 0.15) is 0 Å². The molecule has 0 spiro atoms. The lowest BCUT2D eigenvalue weighted by Gasteiger charge is -2.22. The van der Waals surface area contributed by atoms with Crippen molar-refractivity contribution < 1.29 is 9.21 Å². The fraction of sp³-hybridized carbons (Fsp3) is 0.500. The van der Waals surface area contributed by atoms with Crippen LogP contribution in [-0.2, 0) is 0 Å². The Morgan fingerprint density at radius 1 is 1.62 bits per heavy atom. The van der Waals surface area contributed by atoms with E-state index in [0.29, 0.717) is 5.76 Å². The summed E-state index contributed by atoms with van der Waals surface area (Å²) >= 11 is 0. The average molecular weight is 181 g/mol. The van der Waals surface area contributed by atoms with Crippen molar-refractivity contribution in [2.45, 2.75) is 26.3 Å². The first-order valence-corrected chi connectivity index (χ1v) is 4.41. The van der Waals surface area contributed by atoms with Crippen molar-refractivity contribution in [1.82, 2.24) is 5.32 Å². The maximum Gasteiger partial charge on any atom is 0.217 e. The van der Waals surface area contributed by atoms with Crippen LogP contribution in [0, 0.1) is 0 Å². The highest BCUT2D eigenvalue weighted by molar-refractivity contribution is 6.00. The minimum atomic E-state index is -0.549. The molecule has 1 aromatic rings. The van der Waals surface area contributed by atoms with Gasteiger partial charge in [-0.25, -0.2) is 0 Å². The van der Waals surface area contributed by atoms with Crippen LogP contribution in [0.4, 0.5) is 0 Å². The van der Waals surface area contributed by atoms with Crippen LogP contribution >= 0.6 is 0 Å². The maximum atomic E-state index is 11.8. The van der Waals surface area contributed by atoms with Crippen molar-refractivity contribution in [2.24, 2.45) is 0 Å². The third-order valence-electron chi connectivity index (χ3n) is 1.93. The minimum Gasteiger partial charge on any atom is -0.461 e. The number of hydrogen-bond acceptors (Lipinski definition) is 3. The maximum absolute atomic E-state index is 11.8. The Hall–Kier alpha value is -1.09. The summed E-state index contributed by atoms with van der Waals surface area (Å²) in [5.74, 6) is 0.394. The number of nitrogens with one attached hydrogen (secondary N) is 1. The number of carbonyl (C=O) groups excluding carboxylic acids is 1. The van der Waals surface area contributed by atoms with E-state index in [1.807, 2.05) is 20.8 Å². The second-order valence-electron chi connectivity index (χ2n) is 3.46. The molecule has 0 amide bonds. The Kier molecular flexibility index (Phi) is 2.88. The van der Waals surface area contributed by atoms with Crippen molar-refractivity contribution in [3.8, 4) is 0 Å². The smallest absolute Gasteiger partial charge is 0.217 e. The topological polar surface area (TPSA) is 42.2 Å². The SMILES string of the molecule is CCNC(C)(C)C(=O)c1ccco1. The largest absolute Gasteiger partial charge is 0.461 e. The molecule has 0 fully saturated rings. The molecule has 72 valence electrons. The molecule has 0 aliphatic rings. The van der Waals surface area contributed by atoms with Gasteiger partial charge in [-0.15, -0.1) is 0 Å². The molecule has 0 atom stereocenters.